The summed E-state index contributed by atoms with van der Waals surface area (Å²) >= 11 is 0. The number of aryl methyl sites for hydroxylation is 2. The van der Waals surface area contributed by atoms with Crippen molar-refractivity contribution in [1.82, 2.24) is 18.8 Å². The molecule has 0 radical (unpaired) electrons. The molecule has 0 bridgehead atoms. The number of methoxy groups -OCH3 is 2. The number of hydrogen-bond donors (Lipinski definition) is 1. The fourth-order valence-electron chi connectivity index (χ4n) is 3.24. The molecule has 164 valence electrons. The SMILES string of the molecule is COc1ccc(NC(=O)N2CCCN(S(=O)(=O)c3cn(C)c(C)n3)CC2)cc1OC. The van der Waals surface area contributed by atoms with Crippen molar-refractivity contribution in [3.8, 4) is 11.5 Å². The van der Waals surface area contributed by atoms with Crippen molar-refractivity contribution in [1.29, 1.82) is 0 Å². The van der Waals surface area contributed by atoms with E-state index in [1.165, 1.54) is 17.6 Å². The van der Waals surface area contributed by atoms with E-state index < -0.39 is 10.0 Å². The van der Waals surface area contributed by atoms with Gasteiger partial charge in [0.1, 0.15) is 5.82 Å². The lowest BCUT2D eigenvalue weighted by Crippen LogP contribution is -2.39. The van der Waals surface area contributed by atoms with Crippen LogP contribution in [-0.2, 0) is 17.1 Å². The molecule has 10 nitrogen and oxygen atoms in total. The van der Waals surface area contributed by atoms with Gasteiger partial charge < -0.3 is 24.3 Å². The first-order valence-electron chi connectivity index (χ1n) is 9.54. The Bertz CT molecular complexity index is 1000. The molecule has 2 heterocycles. The van der Waals surface area contributed by atoms with Gasteiger partial charge in [-0.3, -0.25) is 0 Å². The topological polar surface area (TPSA) is 106 Å². The van der Waals surface area contributed by atoms with Gasteiger partial charge in [-0.2, -0.15) is 4.31 Å². The highest BCUT2D eigenvalue weighted by atomic mass is 32.2. The minimum Gasteiger partial charge on any atom is -0.493 e. The summed E-state index contributed by atoms with van der Waals surface area (Å²) in [5.41, 5.74) is 0.565. The van der Waals surface area contributed by atoms with Crippen molar-refractivity contribution in [3.63, 3.8) is 0 Å². The third-order valence-electron chi connectivity index (χ3n) is 5.07. The maximum absolute atomic E-state index is 12.9. The molecule has 1 aliphatic heterocycles. The van der Waals surface area contributed by atoms with E-state index in [0.29, 0.717) is 42.5 Å². The lowest BCUT2D eigenvalue weighted by Gasteiger charge is -2.22. The number of nitrogens with one attached hydrogen (secondary N) is 1. The number of hydrogen-bond acceptors (Lipinski definition) is 6. The fourth-order valence-corrected chi connectivity index (χ4v) is 4.73. The van der Waals surface area contributed by atoms with Gasteiger partial charge in [0.2, 0.25) is 0 Å². The molecule has 0 unspecified atom stereocenters. The molecule has 30 heavy (non-hydrogen) atoms. The molecule has 2 aromatic rings. The van der Waals surface area contributed by atoms with Crippen molar-refractivity contribution in [3.05, 3.63) is 30.2 Å². The first kappa shape index (κ1) is 21.9. The largest absolute Gasteiger partial charge is 0.493 e. The van der Waals surface area contributed by atoms with Crippen molar-refractivity contribution in [2.45, 2.75) is 18.4 Å². The second kappa shape index (κ2) is 8.92. The molecule has 0 aliphatic carbocycles. The lowest BCUT2D eigenvalue weighted by molar-refractivity contribution is 0.214. The first-order valence-corrected chi connectivity index (χ1v) is 11.0. The predicted octanol–water partition coefficient (Wildman–Crippen LogP) is 1.67. The number of sulfonamides is 1. The molecule has 1 aromatic heterocycles. The number of carbonyl (C=O) groups excluding carboxylic acids is 1. The van der Waals surface area contributed by atoms with E-state index in [0.717, 1.165) is 0 Å². The molecule has 1 N–H and O–H groups in total. The van der Waals surface area contributed by atoms with Gasteiger partial charge in [0.15, 0.2) is 16.5 Å². The Morgan fingerprint density at radius 1 is 1.10 bits per heavy atom. The third kappa shape index (κ3) is 4.51. The summed E-state index contributed by atoms with van der Waals surface area (Å²) in [4.78, 5) is 18.5. The number of imidazole rings is 1. The molecule has 3 rings (SSSR count). The van der Waals surface area contributed by atoms with Crippen LogP contribution in [0.3, 0.4) is 0 Å². The number of amides is 2. The van der Waals surface area contributed by atoms with E-state index >= 15 is 0 Å². The van der Waals surface area contributed by atoms with Crippen LogP contribution >= 0.6 is 0 Å². The lowest BCUT2D eigenvalue weighted by atomic mass is 10.2. The molecular formula is C19H27N5O5S. The van der Waals surface area contributed by atoms with Gasteiger partial charge in [0.05, 0.1) is 14.2 Å². The van der Waals surface area contributed by atoms with Crippen LogP contribution in [0.25, 0.3) is 0 Å². The normalized spacial score (nSPS) is 15.5. The summed E-state index contributed by atoms with van der Waals surface area (Å²) in [6, 6.07) is 4.81. The Labute approximate surface area is 176 Å². The molecule has 11 heteroatoms. The summed E-state index contributed by atoms with van der Waals surface area (Å²) in [5.74, 6) is 1.70. The van der Waals surface area contributed by atoms with Crippen molar-refractivity contribution in [2.24, 2.45) is 7.05 Å². The van der Waals surface area contributed by atoms with E-state index in [2.05, 4.69) is 10.3 Å². The van der Waals surface area contributed by atoms with Gasteiger partial charge in [-0.05, 0) is 25.5 Å². The fraction of sp³-hybridized carbons (Fsp3) is 0.474. The van der Waals surface area contributed by atoms with E-state index in [-0.39, 0.29) is 24.1 Å². The van der Waals surface area contributed by atoms with Crippen molar-refractivity contribution in [2.75, 3.05) is 45.7 Å². The molecule has 0 spiro atoms. The quantitative estimate of drug-likeness (QED) is 0.763. The zero-order chi connectivity index (χ0) is 21.9. The van der Waals surface area contributed by atoms with Crippen molar-refractivity contribution >= 4 is 21.7 Å². The number of anilines is 1. The second-order valence-corrected chi connectivity index (χ2v) is 8.87. The number of nitrogens with zero attached hydrogens (tertiary/aromatic N) is 4. The van der Waals surface area contributed by atoms with E-state index in [4.69, 9.17) is 9.47 Å². The highest BCUT2D eigenvalue weighted by Gasteiger charge is 2.30. The molecule has 0 saturated carbocycles. The summed E-state index contributed by atoms with van der Waals surface area (Å²) in [6.07, 6.45) is 2.04. The van der Waals surface area contributed by atoms with Crippen LogP contribution < -0.4 is 14.8 Å². The summed E-state index contributed by atoms with van der Waals surface area (Å²) < 4.78 is 39.3. The van der Waals surface area contributed by atoms with Gasteiger partial charge in [0, 0.05) is 51.2 Å². The van der Waals surface area contributed by atoms with E-state index in [9.17, 15) is 13.2 Å². The van der Waals surface area contributed by atoms with Crippen LogP contribution in [0.2, 0.25) is 0 Å². The number of aromatic nitrogens is 2. The highest BCUT2D eigenvalue weighted by Crippen LogP contribution is 2.30. The number of rotatable bonds is 5. The Morgan fingerprint density at radius 3 is 2.47 bits per heavy atom. The van der Waals surface area contributed by atoms with Gasteiger partial charge in [-0.1, -0.05) is 0 Å². The summed E-state index contributed by atoms with van der Waals surface area (Å²) in [6.45, 7) is 3.02. The van der Waals surface area contributed by atoms with Gasteiger partial charge in [-0.15, -0.1) is 0 Å². The number of benzene rings is 1. The monoisotopic (exact) mass is 437 g/mol. The van der Waals surface area contributed by atoms with Crippen LogP contribution in [0.4, 0.5) is 10.5 Å². The van der Waals surface area contributed by atoms with Crippen LogP contribution in [0.5, 0.6) is 11.5 Å². The average Bonchev–Trinajstić information content (AvgIpc) is 2.93. The predicted molar refractivity (Wildman–Crippen MR) is 111 cm³/mol. The Kier molecular flexibility index (Phi) is 6.52. The van der Waals surface area contributed by atoms with Gasteiger partial charge in [0.25, 0.3) is 10.0 Å². The first-order chi connectivity index (χ1) is 14.3. The Hall–Kier alpha value is -2.79. The smallest absolute Gasteiger partial charge is 0.321 e. The molecule has 0 atom stereocenters. The maximum Gasteiger partial charge on any atom is 0.321 e. The van der Waals surface area contributed by atoms with Crippen LogP contribution in [0.15, 0.2) is 29.4 Å². The van der Waals surface area contributed by atoms with Gasteiger partial charge in [-0.25, -0.2) is 18.2 Å². The standard InChI is InChI=1S/C19H27N5O5S/c1-14-20-18(13-22(14)2)30(26,27)24-9-5-8-23(10-11-24)19(25)21-15-6-7-16(28-3)17(12-15)29-4/h6-7,12-13H,5,8-11H2,1-4H3,(H,21,25). The molecule has 1 aliphatic rings. The Morgan fingerprint density at radius 2 is 1.83 bits per heavy atom. The number of urea groups is 1. The summed E-state index contributed by atoms with van der Waals surface area (Å²) in [5, 5.41) is 2.86. The summed E-state index contributed by atoms with van der Waals surface area (Å²) in [7, 11) is 1.12. The average molecular weight is 438 g/mol. The van der Waals surface area contributed by atoms with E-state index in [1.807, 2.05) is 0 Å². The highest BCUT2D eigenvalue weighted by molar-refractivity contribution is 7.89. The Balaban J connectivity index is 1.67. The number of carbonyl (C=O) groups is 1. The molecular weight excluding hydrogens is 410 g/mol. The molecule has 2 amide bonds. The second-order valence-electron chi connectivity index (χ2n) is 6.98. The maximum atomic E-state index is 12.9. The molecule has 1 fully saturated rings. The molecule has 1 saturated heterocycles. The third-order valence-corrected chi connectivity index (χ3v) is 6.84. The number of ether oxygens (including phenoxy) is 2. The molecule has 1 aromatic carbocycles. The van der Waals surface area contributed by atoms with Crippen molar-refractivity contribution < 1.29 is 22.7 Å². The van der Waals surface area contributed by atoms with Crippen LogP contribution in [0, 0.1) is 6.92 Å². The van der Waals surface area contributed by atoms with E-state index in [1.54, 1.807) is 48.7 Å². The van der Waals surface area contributed by atoms with Crippen LogP contribution in [-0.4, -0.2) is 73.6 Å². The zero-order valence-electron chi connectivity index (χ0n) is 17.6. The van der Waals surface area contributed by atoms with Gasteiger partial charge >= 0.3 is 6.03 Å². The van der Waals surface area contributed by atoms with Crippen LogP contribution in [0.1, 0.15) is 12.2 Å². The zero-order valence-corrected chi connectivity index (χ0v) is 18.4. The minimum absolute atomic E-state index is 0.0331. The minimum atomic E-state index is -3.70.